The molecule has 1 N–H and O–H groups in total. The standard InChI is InChI=1S/C14H14Cl2N2S/c15-10-4-3-9(11(16)7-10)6-14-18-13(8-19-14)12-2-1-5-17-12/h3-4,7-8,12,17H,1-2,5-6H2/t12-/m0/s1. The number of thiazole rings is 1. The van der Waals surface area contributed by atoms with Crippen LogP contribution in [0.1, 0.15) is 35.1 Å². The molecule has 19 heavy (non-hydrogen) atoms. The van der Waals surface area contributed by atoms with Crippen LogP contribution < -0.4 is 5.32 Å². The highest BCUT2D eigenvalue weighted by Gasteiger charge is 2.19. The molecule has 3 rings (SSSR count). The van der Waals surface area contributed by atoms with Crippen LogP contribution in [0.2, 0.25) is 10.0 Å². The van der Waals surface area contributed by atoms with Crippen LogP contribution in [-0.2, 0) is 6.42 Å². The third-order valence-corrected chi connectivity index (χ3v) is 4.80. The molecule has 2 aromatic rings. The first-order valence-corrected chi connectivity index (χ1v) is 7.97. The molecule has 1 aromatic heterocycles. The fourth-order valence-corrected chi connectivity index (χ4v) is 3.68. The SMILES string of the molecule is Clc1ccc(Cc2nc([C@@H]3CCCN3)cs2)c(Cl)c1. The molecule has 100 valence electrons. The van der Waals surface area contributed by atoms with Gasteiger partial charge in [-0.1, -0.05) is 29.3 Å². The highest BCUT2D eigenvalue weighted by Crippen LogP contribution is 2.28. The minimum Gasteiger partial charge on any atom is -0.309 e. The summed E-state index contributed by atoms with van der Waals surface area (Å²) < 4.78 is 0. The van der Waals surface area contributed by atoms with Gasteiger partial charge in [-0.2, -0.15) is 0 Å². The maximum Gasteiger partial charge on any atom is 0.0973 e. The van der Waals surface area contributed by atoms with Gasteiger partial charge in [0.15, 0.2) is 0 Å². The van der Waals surface area contributed by atoms with Gasteiger partial charge in [0.25, 0.3) is 0 Å². The van der Waals surface area contributed by atoms with E-state index in [0.717, 1.165) is 23.5 Å². The number of aromatic nitrogens is 1. The molecule has 1 fully saturated rings. The van der Waals surface area contributed by atoms with Crippen molar-refractivity contribution in [3.05, 3.63) is 49.9 Å². The van der Waals surface area contributed by atoms with Crippen molar-refractivity contribution in [1.82, 2.24) is 10.3 Å². The molecule has 0 radical (unpaired) electrons. The lowest BCUT2D eigenvalue weighted by Crippen LogP contribution is -2.13. The third-order valence-electron chi connectivity index (χ3n) is 3.34. The Kier molecular flexibility index (Phi) is 4.08. The Morgan fingerprint density at radius 2 is 2.26 bits per heavy atom. The van der Waals surface area contributed by atoms with Crippen molar-refractivity contribution in [2.45, 2.75) is 25.3 Å². The Labute approximate surface area is 126 Å². The first-order valence-electron chi connectivity index (χ1n) is 6.34. The topological polar surface area (TPSA) is 24.9 Å². The van der Waals surface area contributed by atoms with E-state index in [1.807, 2.05) is 12.1 Å². The van der Waals surface area contributed by atoms with E-state index in [-0.39, 0.29) is 0 Å². The largest absolute Gasteiger partial charge is 0.309 e. The lowest BCUT2D eigenvalue weighted by Gasteiger charge is -2.05. The summed E-state index contributed by atoms with van der Waals surface area (Å²) in [5.41, 5.74) is 2.24. The molecular formula is C14H14Cl2N2S. The average Bonchev–Trinajstić information content (AvgIpc) is 3.03. The van der Waals surface area contributed by atoms with Crippen LogP contribution in [0.3, 0.4) is 0 Å². The van der Waals surface area contributed by atoms with Crippen LogP contribution in [-0.4, -0.2) is 11.5 Å². The second kappa shape index (κ2) is 5.80. The monoisotopic (exact) mass is 312 g/mol. The van der Waals surface area contributed by atoms with Gasteiger partial charge in [-0.3, -0.25) is 0 Å². The lowest BCUT2D eigenvalue weighted by molar-refractivity contribution is 0.630. The van der Waals surface area contributed by atoms with Gasteiger partial charge in [-0.15, -0.1) is 11.3 Å². The number of nitrogens with zero attached hydrogens (tertiary/aromatic N) is 1. The number of hydrogen-bond acceptors (Lipinski definition) is 3. The fourth-order valence-electron chi connectivity index (χ4n) is 2.33. The minimum absolute atomic E-state index is 0.436. The summed E-state index contributed by atoms with van der Waals surface area (Å²) in [6.45, 7) is 1.10. The summed E-state index contributed by atoms with van der Waals surface area (Å²) in [5.74, 6) is 0. The number of benzene rings is 1. The highest BCUT2D eigenvalue weighted by molar-refractivity contribution is 7.09. The van der Waals surface area contributed by atoms with Gasteiger partial charge in [0, 0.05) is 21.8 Å². The summed E-state index contributed by atoms with van der Waals surface area (Å²) in [7, 11) is 0. The highest BCUT2D eigenvalue weighted by atomic mass is 35.5. The molecule has 0 aliphatic carbocycles. The molecule has 1 saturated heterocycles. The molecule has 0 unspecified atom stereocenters. The molecule has 1 aliphatic rings. The second-order valence-electron chi connectivity index (χ2n) is 4.73. The Morgan fingerprint density at radius 1 is 1.37 bits per heavy atom. The first-order chi connectivity index (χ1) is 9.22. The number of hydrogen-bond donors (Lipinski definition) is 1. The van der Waals surface area contributed by atoms with E-state index < -0.39 is 0 Å². The molecular weight excluding hydrogens is 299 g/mol. The summed E-state index contributed by atoms with van der Waals surface area (Å²) in [4.78, 5) is 4.72. The smallest absolute Gasteiger partial charge is 0.0973 e. The zero-order valence-electron chi connectivity index (χ0n) is 10.3. The first kappa shape index (κ1) is 13.4. The number of nitrogens with one attached hydrogen (secondary N) is 1. The number of rotatable bonds is 3. The Morgan fingerprint density at radius 3 is 3.00 bits per heavy atom. The van der Waals surface area contributed by atoms with E-state index in [1.165, 1.54) is 18.5 Å². The van der Waals surface area contributed by atoms with Gasteiger partial charge in [0.05, 0.1) is 16.7 Å². The predicted octanol–water partition coefficient (Wildman–Crippen LogP) is 4.47. The van der Waals surface area contributed by atoms with Crippen LogP contribution in [0.25, 0.3) is 0 Å². The molecule has 0 spiro atoms. The second-order valence-corrected chi connectivity index (χ2v) is 6.51. The molecule has 2 heterocycles. The van der Waals surface area contributed by atoms with Gasteiger partial charge in [0.1, 0.15) is 0 Å². The summed E-state index contributed by atoms with van der Waals surface area (Å²) >= 11 is 13.8. The van der Waals surface area contributed by atoms with Crippen LogP contribution in [0.5, 0.6) is 0 Å². The van der Waals surface area contributed by atoms with E-state index in [4.69, 9.17) is 28.2 Å². The zero-order chi connectivity index (χ0) is 13.2. The minimum atomic E-state index is 0.436. The summed E-state index contributed by atoms with van der Waals surface area (Å²) in [5, 5.41) is 8.11. The van der Waals surface area contributed by atoms with Crippen molar-refractivity contribution in [3.63, 3.8) is 0 Å². The molecule has 5 heteroatoms. The normalized spacial score (nSPS) is 18.9. The van der Waals surface area contributed by atoms with E-state index in [2.05, 4.69) is 10.7 Å². The Bertz CT molecular complexity index is 577. The number of halogens is 2. The Balaban J connectivity index is 1.76. The maximum atomic E-state index is 6.19. The van der Waals surface area contributed by atoms with Crippen molar-refractivity contribution >= 4 is 34.5 Å². The zero-order valence-corrected chi connectivity index (χ0v) is 12.7. The average molecular weight is 313 g/mol. The summed E-state index contributed by atoms with van der Waals surface area (Å²) in [6.07, 6.45) is 3.19. The molecule has 1 atom stereocenters. The molecule has 0 amide bonds. The quantitative estimate of drug-likeness (QED) is 0.904. The van der Waals surface area contributed by atoms with Crippen molar-refractivity contribution in [3.8, 4) is 0 Å². The molecule has 0 saturated carbocycles. The van der Waals surface area contributed by atoms with E-state index in [9.17, 15) is 0 Å². The van der Waals surface area contributed by atoms with Gasteiger partial charge in [-0.05, 0) is 37.1 Å². The van der Waals surface area contributed by atoms with Crippen LogP contribution in [0.15, 0.2) is 23.6 Å². The maximum absolute atomic E-state index is 6.19. The van der Waals surface area contributed by atoms with Crippen molar-refractivity contribution < 1.29 is 0 Å². The van der Waals surface area contributed by atoms with Gasteiger partial charge in [-0.25, -0.2) is 4.98 Å². The predicted molar refractivity (Wildman–Crippen MR) is 81.4 cm³/mol. The lowest BCUT2D eigenvalue weighted by atomic mass is 10.1. The molecule has 0 bridgehead atoms. The van der Waals surface area contributed by atoms with E-state index >= 15 is 0 Å². The third kappa shape index (κ3) is 3.11. The van der Waals surface area contributed by atoms with Crippen LogP contribution in [0, 0.1) is 0 Å². The van der Waals surface area contributed by atoms with Crippen molar-refractivity contribution in [2.24, 2.45) is 0 Å². The van der Waals surface area contributed by atoms with E-state index in [0.29, 0.717) is 16.1 Å². The van der Waals surface area contributed by atoms with Gasteiger partial charge in [0.2, 0.25) is 0 Å². The van der Waals surface area contributed by atoms with Crippen LogP contribution in [0.4, 0.5) is 0 Å². The van der Waals surface area contributed by atoms with Crippen molar-refractivity contribution in [1.29, 1.82) is 0 Å². The fraction of sp³-hybridized carbons (Fsp3) is 0.357. The molecule has 1 aromatic carbocycles. The van der Waals surface area contributed by atoms with Gasteiger partial charge >= 0.3 is 0 Å². The summed E-state index contributed by atoms with van der Waals surface area (Å²) in [6, 6.07) is 6.06. The molecule has 1 aliphatic heterocycles. The van der Waals surface area contributed by atoms with Crippen molar-refractivity contribution in [2.75, 3.05) is 6.54 Å². The van der Waals surface area contributed by atoms with Gasteiger partial charge < -0.3 is 5.32 Å². The molecule has 2 nitrogen and oxygen atoms in total. The van der Waals surface area contributed by atoms with E-state index in [1.54, 1.807) is 17.4 Å². The Hall–Kier alpha value is -0.610. The van der Waals surface area contributed by atoms with Crippen LogP contribution >= 0.6 is 34.5 Å².